The van der Waals surface area contributed by atoms with Crippen molar-refractivity contribution in [3.05, 3.63) is 46.9 Å². The van der Waals surface area contributed by atoms with E-state index >= 15 is 0 Å². The molecule has 0 unspecified atom stereocenters. The fraction of sp³-hybridized carbons (Fsp3) is 0.467. The molecular weight excluding hydrogens is 212 g/mol. The summed E-state index contributed by atoms with van der Waals surface area (Å²) in [6.07, 6.45) is 15.2. The van der Waals surface area contributed by atoms with Crippen molar-refractivity contribution in [3.63, 3.8) is 0 Å². The van der Waals surface area contributed by atoms with Gasteiger partial charge in [-0.05, 0) is 31.1 Å². The summed E-state index contributed by atoms with van der Waals surface area (Å²) in [5, 5.41) is 0. The van der Waals surface area contributed by atoms with E-state index in [1.165, 1.54) is 10.5 Å². The molecule has 0 amide bonds. The molecule has 0 saturated carbocycles. The zero-order chi connectivity index (χ0) is 12.2. The van der Waals surface area contributed by atoms with Crippen molar-refractivity contribution < 1.29 is 0 Å². The summed E-state index contributed by atoms with van der Waals surface area (Å²) >= 11 is 1.91. The van der Waals surface area contributed by atoms with Crippen LogP contribution in [0.15, 0.2) is 46.9 Å². The molecule has 0 aliphatic rings. The molecule has 0 rings (SSSR count). The van der Waals surface area contributed by atoms with Crippen LogP contribution in [0.25, 0.3) is 0 Å². The summed E-state index contributed by atoms with van der Waals surface area (Å²) < 4.78 is 0. The molecule has 0 aromatic rings. The second-order valence-corrected chi connectivity index (χ2v) is 4.79. The van der Waals surface area contributed by atoms with Crippen molar-refractivity contribution in [2.45, 2.75) is 40.5 Å². The van der Waals surface area contributed by atoms with Crippen LogP contribution in [0, 0.1) is 0 Å². The molecule has 0 bridgehead atoms. The van der Waals surface area contributed by atoms with E-state index in [0.29, 0.717) is 0 Å². The molecule has 0 radical (unpaired) electrons. The van der Waals surface area contributed by atoms with Crippen molar-refractivity contribution >= 4 is 11.8 Å². The van der Waals surface area contributed by atoms with E-state index in [1.54, 1.807) is 0 Å². The van der Waals surface area contributed by atoms with Gasteiger partial charge in [-0.3, -0.25) is 0 Å². The molecule has 0 N–H and O–H groups in total. The topological polar surface area (TPSA) is 0 Å². The Hall–Kier alpha value is -0.690. The van der Waals surface area contributed by atoms with Gasteiger partial charge in [-0.15, -0.1) is 11.8 Å². The van der Waals surface area contributed by atoms with Crippen LogP contribution in [0.1, 0.15) is 40.5 Å². The zero-order valence-corrected chi connectivity index (χ0v) is 11.8. The summed E-state index contributed by atoms with van der Waals surface area (Å²) in [5.41, 5.74) is 1.34. The Balaban J connectivity index is 4.61. The van der Waals surface area contributed by atoms with Gasteiger partial charge in [0, 0.05) is 4.91 Å². The van der Waals surface area contributed by atoms with Crippen molar-refractivity contribution in [1.82, 2.24) is 0 Å². The van der Waals surface area contributed by atoms with E-state index in [-0.39, 0.29) is 0 Å². The van der Waals surface area contributed by atoms with Crippen molar-refractivity contribution in [2.75, 3.05) is 5.75 Å². The first kappa shape index (κ1) is 15.3. The maximum Gasteiger partial charge on any atom is 0.00979 e. The Labute approximate surface area is 105 Å². The van der Waals surface area contributed by atoms with Crippen LogP contribution in [0.4, 0.5) is 0 Å². The number of thioether (sulfide) groups is 1. The van der Waals surface area contributed by atoms with Crippen LogP contribution in [0.2, 0.25) is 0 Å². The van der Waals surface area contributed by atoms with E-state index in [1.807, 2.05) is 11.8 Å². The van der Waals surface area contributed by atoms with E-state index in [9.17, 15) is 0 Å². The van der Waals surface area contributed by atoms with Gasteiger partial charge in [0.15, 0.2) is 0 Å². The van der Waals surface area contributed by atoms with E-state index in [2.05, 4.69) is 64.2 Å². The van der Waals surface area contributed by atoms with Crippen LogP contribution >= 0.6 is 11.8 Å². The minimum Gasteiger partial charge on any atom is -0.126 e. The normalized spacial score (nSPS) is 14.2. The van der Waals surface area contributed by atoms with Gasteiger partial charge >= 0.3 is 0 Å². The third-order valence-electron chi connectivity index (χ3n) is 2.02. The minimum absolute atomic E-state index is 1.10. The summed E-state index contributed by atoms with van der Waals surface area (Å²) in [4.78, 5) is 1.38. The highest BCUT2D eigenvalue weighted by Gasteiger charge is 1.95. The number of hydrogen-bond donors (Lipinski definition) is 0. The number of hydrogen-bond acceptors (Lipinski definition) is 1. The lowest BCUT2D eigenvalue weighted by molar-refractivity contribution is 1.22. The quantitative estimate of drug-likeness (QED) is 0.526. The molecule has 0 nitrogen and oxygen atoms in total. The Kier molecular flexibility index (Phi) is 10.3. The van der Waals surface area contributed by atoms with Gasteiger partial charge in [0.2, 0.25) is 0 Å². The zero-order valence-electron chi connectivity index (χ0n) is 11.0. The molecule has 0 aromatic heterocycles. The fourth-order valence-electron chi connectivity index (χ4n) is 1.17. The molecule has 0 spiro atoms. The fourth-order valence-corrected chi connectivity index (χ4v) is 1.97. The van der Waals surface area contributed by atoms with Crippen LogP contribution in [-0.4, -0.2) is 5.75 Å². The summed E-state index contributed by atoms with van der Waals surface area (Å²) in [6, 6.07) is 0. The minimum atomic E-state index is 1.10. The maximum absolute atomic E-state index is 2.23. The molecule has 0 heterocycles. The van der Waals surface area contributed by atoms with Crippen LogP contribution in [0.5, 0.6) is 0 Å². The molecule has 0 atom stereocenters. The lowest BCUT2D eigenvalue weighted by Crippen LogP contribution is -1.79. The molecule has 0 aromatic carbocycles. The van der Waals surface area contributed by atoms with Gasteiger partial charge in [0.1, 0.15) is 0 Å². The summed E-state index contributed by atoms with van der Waals surface area (Å²) in [6.45, 7) is 8.68. The van der Waals surface area contributed by atoms with Crippen LogP contribution in [0.3, 0.4) is 0 Å². The molecule has 0 aliphatic heterocycles. The molecule has 0 saturated heterocycles. The van der Waals surface area contributed by atoms with Gasteiger partial charge in [-0.2, -0.15) is 0 Å². The first-order chi connectivity index (χ1) is 7.76. The van der Waals surface area contributed by atoms with Gasteiger partial charge < -0.3 is 0 Å². The molecule has 1 heteroatoms. The molecule has 0 aliphatic carbocycles. The first-order valence-electron chi connectivity index (χ1n) is 6.09. The predicted octanol–water partition coefficient (Wildman–Crippen LogP) is 5.50. The van der Waals surface area contributed by atoms with Gasteiger partial charge in [-0.25, -0.2) is 0 Å². The standard InChI is InChI=1S/C15H24S/c1-5-8-10-11-12-14(4)15(16-7-3)13-9-6-2/h8-13H,5-7H2,1-4H3/b10-8-,12-11+,13-9-,15-14-. The van der Waals surface area contributed by atoms with Crippen LogP contribution in [-0.2, 0) is 0 Å². The molecular formula is C15H24S. The number of allylic oxidation sites excluding steroid dienone is 7. The van der Waals surface area contributed by atoms with Gasteiger partial charge in [-0.1, -0.05) is 57.2 Å². The Morgan fingerprint density at radius 2 is 1.62 bits per heavy atom. The average Bonchev–Trinajstić information content (AvgIpc) is 2.29. The van der Waals surface area contributed by atoms with E-state index in [0.717, 1.165) is 18.6 Å². The lowest BCUT2D eigenvalue weighted by Gasteiger charge is -2.02. The van der Waals surface area contributed by atoms with Crippen molar-refractivity contribution in [2.24, 2.45) is 0 Å². The summed E-state index contributed by atoms with van der Waals surface area (Å²) in [5.74, 6) is 1.12. The SMILES string of the molecule is CC\C=C/C=C/C(C)=C(/C=C\CC)SCC. The number of rotatable bonds is 7. The van der Waals surface area contributed by atoms with Crippen molar-refractivity contribution in [1.29, 1.82) is 0 Å². The third-order valence-corrected chi connectivity index (χ3v) is 3.08. The second-order valence-electron chi connectivity index (χ2n) is 3.49. The van der Waals surface area contributed by atoms with E-state index < -0.39 is 0 Å². The highest BCUT2D eigenvalue weighted by molar-refractivity contribution is 8.03. The van der Waals surface area contributed by atoms with E-state index in [4.69, 9.17) is 0 Å². The molecule has 90 valence electrons. The van der Waals surface area contributed by atoms with Crippen molar-refractivity contribution in [3.8, 4) is 0 Å². The molecule has 0 fully saturated rings. The molecule has 16 heavy (non-hydrogen) atoms. The largest absolute Gasteiger partial charge is 0.126 e. The Morgan fingerprint density at radius 3 is 2.19 bits per heavy atom. The third kappa shape index (κ3) is 7.58. The Morgan fingerprint density at radius 1 is 0.938 bits per heavy atom. The average molecular weight is 236 g/mol. The maximum atomic E-state index is 2.23. The predicted molar refractivity (Wildman–Crippen MR) is 78.8 cm³/mol. The second kappa shape index (κ2) is 10.8. The lowest BCUT2D eigenvalue weighted by atomic mass is 10.2. The Bertz CT molecular complexity index is 280. The monoisotopic (exact) mass is 236 g/mol. The highest BCUT2D eigenvalue weighted by atomic mass is 32.2. The summed E-state index contributed by atoms with van der Waals surface area (Å²) in [7, 11) is 0. The first-order valence-corrected chi connectivity index (χ1v) is 7.08. The van der Waals surface area contributed by atoms with Gasteiger partial charge in [0.25, 0.3) is 0 Å². The van der Waals surface area contributed by atoms with Crippen LogP contribution < -0.4 is 0 Å². The smallest absolute Gasteiger partial charge is 0.00979 e. The highest BCUT2D eigenvalue weighted by Crippen LogP contribution is 2.22. The van der Waals surface area contributed by atoms with Gasteiger partial charge in [0.05, 0.1) is 0 Å².